The van der Waals surface area contributed by atoms with Crippen LogP contribution >= 0.6 is 0 Å². The second-order valence-corrected chi connectivity index (χ2v) is 11.0. The molecule has 0 aromatic heterocycles. The van der Waals surface area contributed by atoms with Crippen LogP contribution in [0.5, 0.6) is 5.75 Å². The molecule has 1 heterocycles. The van der Waals surface area contributed by atoms with E-state index in [0.717, 1.165) is 11.1 Å². The molecule has 0 radical (unpaired) electrons. The van der Waals surface area contributed by atoms with Crippen LogP contribution in [-0.2, 0) is 26.2 Å². The molecule has 194 valence electrons. The average molecular weight is 522 g/mol. The van der Waals surface area contributed by atoms with Crippen molar-refractivity contribution in [3.63, 3.8) is 0 Å². The second-order valence-electron chi connectivity index (χ2n) is 9.15. The summed E-state index contributed by atoms with van der Waals surface area (Å²) in [7, 11) is -3.83. The van der Waals surface area contributed by atoms with Crippen molar-refractivity contribution in [2.75, 3.05) is 24.0 Å². The summed E-state index contributed by atoms with van der Waals surface area (Å²) in [4.78, 5) is 25.7. The molecule has 4 rings (SSSR count). The number of amides is 2. The molecule has 0 spiro atoms. The zero-order valence-electron chi connectivity index (χ0n) is 20.7. The van der Waals surface area contributed by atoms with Gasteiger partial charge in [-0.3, -0.25) is 13.9 Å². The minimum absolute atomic E-state index is 0.143. The molecule has 8 nitrogen and oxygen atoms in total. The number of piperidine rings is 1. The average Bonchev–Trinajstić information content (AvgIpc) is 2.91. The summed E-state index contributed by atoms with van der Waals surface area (Å²) < 4.78 is 34.3. The minimum Gasteiger partial charge on any atom is -0.484 e. The standard InChI is InChI=1S/C28H31N3O5S/c1-21-7-13-26(14-8-21)37(34,35)31(19-22-5-3-2-4-6-22)24-9-11-25(12-10-24)36-20-27(32)30-17-15-23(16-18-30)28(29)33/h2-14,23H,15-20H2,1H3,(H2,29,33). The normalized spacial score (nSPS) is 14.2. The van der Waals surface area contributed by atoms with Crippen molar-refractivity contribution in [2.45, 2.75) is 31.2 Å². The quantitative estimate of drug-likeness (QED) is 0.464. The summed E-state index contributed by atoms with van der Waals surface area (Å²) in [5.41, 5.74) is 7.67. The molecular weight excluding hydrogens is 490 g/mol. The Bertz CT molecular complexity index is 1320. The Kier molecular flexibility index (Phi) is 8.13. The number of carbonyl (C=O) groups excluding carboxylic acids is 2. The molecule has 37 heavy (non-hydrogen) atoms. The highest BCUT2D eigenvalue weighted by atomic mass is 32.2. The minimum atomic E-state index is -3.83. The van der Waals surface area contributed by atoms with Gasteiger partial charge < -0.3 is 15.4 Å². The number of hydrogen-bond acceptors (Lipinski definition) is 5. The molecule has 2 amide bonds. The maximum absolute atomic E-state index is 13.6. The second kappa shape index (κ2) is 11.5. The van der Waals surface area contributed by atoms with Crippen molar-refractivity contribution in [3.8, 4) is 5.75 Å². The first kappa shape index (κ1) is 26.2. The predicted octanol–water partition coefficient (Wildman–Crippen LogP) is 3.49. The third-order valence-corrected chi connectivity index (χ3v) is 8.30. The highest BCUT2D eigenvalue weighted by molar-refractivity contribution is 7.92. The largest absolute Gasteiger partial charge is 0.484 e. The van der Waals surface area contributed by atoms with E-state index >= 15 is 0 Å². The van der Waals surface area contributed by atoms with Gasteiger partial charge in [-0.25, -0.2) is 8.42 Å². The van der Waals surface area contributed by atoms with Gasteiger partial charge in [0.25, 0.3) is 15.9 Å². The number of hydrogen-bond donors (Lipinski definition) is 1. The van der Waals surface area contributed by atoms with Crippen LogP contribution in [0.3, 0.4) is 0 Å². The Morgan fingerprint density at radius 3 is 2.16 bits per heavy atom. The van der Waals surface area contributed by atoms with Crippen molar-refractivity contribution in [2.24, 2.45) is 11.7 Å². The zero-order valence-corrected chi connectivity index (χ0v) is 21.6. The van der Waals surface area contributed by atoms with Crippen molar-refractivity contribution >= 4 is 27.5 Å². The number of aryl methyl sites for hydroxylation is 1. The number of anilines is 1. The molecule has 1 aliphatic heterocycles. The van der Waals surface area contributed by atoms with Crippen LogP contribution in [0.2, 0.25) is 0 Å². The molecule has 0 aliphatic carbocycles. The van der Waals surface area contributed by atoms with Crippen LogP contribution in [0.4, 0.5) is 5.69 Å². The number of benzene rings is 3. The van der Waals surface area contributed by atoms with Gasteiger partial charge in [-0.2, -0.15) is 0 Å². The number of primary amides is 1. The Morgan fingerprint density at radius 2 is 1.57 bits per heavy atom. The van der Waals surface area contributed by atoms with Crippen LogP contribution in [0.15, 0.2) is 83.8 Å². The first-order chi connectivity index (χ1) is 17.7. The lowest BCUT2D eigenvalue weighted by Gasteiger charge is -2.30. The first-order valence-corrected chi connectivity index (χ1v) is 13.6. The fourth-order valence-electron chi connectivity index (χ4n) is 4.26. The number of rotatable bonds is 9. The van der Waals surface area contributed by atoms with Gasteiger partial charge in [0.1, 0.15) is 5.75 Å². The number of likely N-dealkylation sites (tertiary alicyclic amines) is 1. The van der Waals surface area contributed by atoms with Crippen LogP contribution in [-0.4, -0.2) is 44.8 Å². The van der Waals surface area contributed by atoms with E-state index in [9.17, 15) is 18.0 Å². The first-order valence-electron chi connectivity index (χ1n) is 12.2. The fraction of sp³-hybridized carbons (Fsp3) is 0.286. The van der Waals surface area contributed by atoms with E-state index in [1.54, 1.807) is 53.4 Å². The van der Waals surface area contributed by atoms with Gasteiger partial charge in [0, 0.05) is 19.0 Å². The van der Waals surface area contributed by atoms with E-state index in [4.69, 9.17) is 10.5 Å². The molecule has 3 aromatic carbocycles. The van der Waals surface area contributed by atoms with Crippen LogP contribution in [0.1, 0.15) is 24.0 Å². The fourth-order valence-corrected chi connectivity index (χ4v) is 5.71. The summed E-state index contributed by atoms with van der Waals surface area (Å²) >= 11 is 0. The van der Waals surface area contributed by atoms with E-state index in [1.807, 2.05) is 37.3 Å². The SMILES string of the molecule is Cc1ccc(S(=O)(=O)N(Cc2ccccc2)c2ccc(OCC(=O)N3CCC(C(N)=O)CC3)cc2)cc1. The van der Waals surface area contributed by atoms with Gasteiger partial charge in [-0.05, 0) is 61.7 Å². The smallest absolute Gasteiger partial charge is 0.264 e. The lowest BCUT2D eigenvalue weighted by atomic mass is 9.96. The molecule has 9 heteroatoms. The lowest BCUT2D eigenvalue weighted by Crippen LogP contribution is -2.43. The molecule has 0 atom stereocenters. The Morgan fingerprint density at radius 1 is 0.946 bits per heavy atom. The maximum atomic E-state index is 13.6. The Labute approximate surface area is 217 Å². The van der Waals surface area contributed by atoms with E-state index in [0.29, 0.717) is 37.4 Å². The number of nitrogens with zero attached hydrogens (tertiary/aromatic N) is 2. The summed E-state index contributed by atoms with van der Waals surface area (Å²) in [5.74, 6) is -0.224. The summed E-state index contributed by atoms with van der Waals surface area (Å²) in [6.07, 6.45) is 1.12. The highest BCUT2D eigenvalue weighted by Gasteiger charge is 2.27. The topological polar surface area (TPSA) is 110 Å². The molecule has 0 bridgehead atoms. The molecule has 1 fully saturated rings. The molecule has 3 aromatic rings. The molecule has 0 unspecified atom stereocenters. The Balaban J connectivity index is 1.47. The van der Waals surface area contributed by atoms with Crippen molar-refractivity contribution in [1.82, 2.24) is 4.90 Å². The van der Waals surface area contributed by atoms with E-state index in [-0.39, 0.29) is 35.8 Å². The third-order valence-electron chi connectivity index (χ3n) is 6.52. The molecule has 1 saturated heterocycles. The monoisotopic (exact) mass is 521 g/mol. The summed E-state index contributed by atoms with van der Waals surface area (Å²) in [5, 5.41) is 0. The molecule has 2 N–H and O–H groups in total. The lowest BCUT2D eigenvalue weighted by molar-refractivity contribution is -0.136. The summed E-state index contributed by atoms with van der Waals surface area (Å²) in [6, 6.07) is 22.8. The van der Waals surface area contributed by atoms with E-state index in [2.05, 4.69) is 0 Å². The van der Waals surface area contributed by atoms with E-state index < -0.39 is 10.0 Å². The van der Waals surface area contributed by atoms with Gasteiger partial charge >= 0.3 is 0 Å². The summed E-state index contributed by atoms with van der Waals surface area (Å²) in [6.45, 7) is 2.87. The van der Waals surface area contributed by atoms with Gasteiger partial charge in [0.2, 0.25) is 5.91 Å². The van der Waals surface area contributed by atoms with Gasteiger partial charge in [-0.1, -0.05) is 48.0 Å². The maximum Gasteiger partial charge on any atom is 0.264 e. The predicted molar refractivity (Wildman–Crippen MR) is 141 cm³/mol. The van der Waals surface area contributed by atoms with E-state index in [1.165, 1.54) is 4.31 Å². The van der Waals surface area contributed by atoms with Crippen LogP contribution in [0.25, 0.3) is 0 Å². The molecule has 1 aliphatic rings. The van der Waals surface area contributed by atoms with Crippen molar-refractivity contribution in [1.29, 1.82) is 0 Å². The van der Waals surface area contributed by atoms with Crippen LogP contribution < -0.4 is 14.8 Å². The highest BCUT2D eigenvalue weighted by Crippen LogP contribution is 2.28. The zero-order chi connectivity index (χ0) is 26.4. The van der Waals surface area contributed by atoms with Crippen LogP contribution in [0, 0.1) is 12.8 Å². The number of carbonyl (C=O) groups is 2. The van der Waals surface area contributed by atoms with Gasteiger partial charge in [-0.15, -0.1) is 0 Å². The Hall–Kier alpha value is -3.85. The van der Waals surface area contributed by atoms with Crippen molar-refractivity contribution < 1.29 is 22.7 Å². The molecule has 0 saturated carbocycles. The number of ether oxygens (including phenoxy) is 1. The number of sulfonamides is 1. The van der Waals surface area contributed by atoms with Crippen molar-refractivity contribution in [3.05, 3.63) is 90.0 Å². The van der Waals surface area contributed by atoms with Gasteiger partial charge in [0.05, 0.1) is 17.1 Å². The number of nitrogens with two attached hydrogens (primary N) is 1. The third kappa shape index (κ3) is 6.48. The molecular formula is C28H31N3O5S. The van der Waals surface area contributed by atoms with Gasteiger partial charge in [0.15, 0.2) is 6.61 Å².